The highest BCUT2D eigenvalue weighted by molar-refractivity contribution is 5.72. The molecule has 0 saturated carbocycles. The van der Waals surface area contributed by atoms with Crippen molar-refractivity contribution < 1.29 is 0 Å². The number of aromatic nitrogens is 3. The molecule has 0 amide bonds. The van der Waals surface area contributed by atoms with E-state index in [0.717, 1.165) is 23.4 Å². The van der Waals surface area contributed by atoms with Gasteiger partial charge in [-0.05, 0) is 24.1 Å². The Balaban J connectivity index is 2.00. The molecule has 0 bridgehead atoms. The van der Waals surface area contributed by atoms with Gasteiger partial charge >= 0.3 is 0 Å². The summed E-state index contributed by atoms with van der Waals surface area (Å²) in [5, 5.41) is 4.57. The molecule has 0 atom stereocenters. The first-order valence-electron chi connectivity index (χ1n) is 6.63. The van der Waals surface area contributed by atoms with E-state index in [9.17, 15) is 0 Å². The van der Waals surface area contributed by atoms with Crippen LogP contribution in [-0.2, 0) is 6.42 Å². The number of pyridine rings is 1. The molecule has 0 aliphatic heterocycles. The zero-order chi connectivity index (χ0) is 13.9. The highest BCUT2D eigenvalue weighted by atomic mass is 15.3. The third-order valence-corrected chi connectivity index (χ3v) is 3.31. The van der Waals surface area contributed by atoms with Crippen molar-refractivity contribution in [2.45, 2.75) is 13.3 Å². The van der Waals surface area contributed by atoms with Crippen molar-refractivity contribution in [1.29, 1.82) is 0 Å². The van der Waals surface area contributed by atoms with Crippen molar-refractivity contribution >= 4 is 5.69 Å². The topological polar surface area (TPSA) is 56.7 Å². The van der Waals surface area contributed by atoms with Crippen molar-refractivity contribution in [2.75, 3.05) is 5.73 Å². The van der Waals surface area contributed by atoms with Gasteiger partial charge in [0.1, 0.15) is 5.69 Å². The van der Waals surface area contributed by atoms with Gasteiger partial charge in [-0.15, -0.1) is 0 Å². The Hall–Kier alpha value is -2.62. The number of nitrogens with two attached hydrogens (primary N) is 1. The molecule has 2 heterocycles. The zero-order valence-electron chi connectivity index (χ0n) is 11.3. The van der Waals surface area contributed by atoms with E-state index in [1.807, 2.05) is 18.3 Å². The fourth-order valence-electron chi connectivity index (χ4n) is 2.14. The first-order chi connectivity index (χ1) is 9.78. The monoisotopic (exact) mass is 264 g/mol. The molecule has 0 spiro atoms. The highest BCUT2D eigenvalue weighted by Gasteiger charge is 2.09. The summed E-state index contributed by atoms with van der Waals surface area (Å²) >= 11 is 0. The lowest BCUT2D eigenvalue weighted by atomic mass is 10.1. The summed E-state index contributed by atoms with van der Waals surface area (Å²) in [5.41, 5.74) is 10.9. The smallest absolute Gasteiger partial charge is 0.116 e. The van der Waals surface area contributed by atoms with E-state index in [2.05, 4.69) is 41.3 Å². The number of hydrogen-bond donors (Lipinski definition) is 1. The summed E-state index contributed by atoms with van der Waals surface area (Å²) in [5.74, 6) is 0. The molecule has 4 nitrogen and oxygen atoms in total. The van der Waals surface area contributed by atoms with E-state index < -0.39 is 0 Å². The summed E-state index contributed by atoms with van der Waals surface area (Å²) in [6.07, 6.45) is 6.34. The van der Waals surface area contributed by atoms with Gasteiger partial charge in [-0.1, -0.05) is 31.2 Å². The summed E-state index contributed by atoms with van der Waals surface area (Å²) in [4.78, 5) is 4.01. The second kappa shape index (κ2) is 5.17. The van der Waals surface area contributed by atoms with Crippen LogP contribution in [0.15, 0.2) is 55.0 Å². The molecular weight excluding hydrogens is 248 g/mol. The van der Waals surface area contributed by atoms with Crippen LogP contribution >= 0.6 is 0 Å². The molecule has 0 aliphatic carbocycles. The van der Waals surface area contributed by atoms with Gasteiger partial charge in [0.2, 0.25) is 0 Å². The Kier molecular flexibility index (Phi) is 3.21. The Morgan fingerprint density at radius 2 is 1.75 bits per heavy atom. The molecule has 0 radical (unpaired) electrons. The molecular formula is C16H16N4. The molecule has 0 unspecified atom stereocenters. The maximum absolute atomic E-state index is 6.08. The van der Waals surface area contributed by atoms with E-state index in [-0.39, 0.29) is 0 Å². The van der Waals surface area contributed by atoms with Crippen LogP contribution in [0.5, 0.6) is 0 Å². The van der Waals surface area contributed by atoms with E-state index in [1.165, 1.54) is 5.56 Å². The Morgan fingerprint density at radius 1 is 1.05 bits per heavy atom. The summed E-state index contributed by atoms with van der Waals surface area (Å²) in [6.45, 7) is 2.14. The maximum atomic E-state index is 6.08. The van der Waals surface area contributed by atoms with Crippen molar-refractivity contribution in [1.82, 2.24) is 14.8 Å². The lowest BCUT2D eigenvalue weighted by Crippen LogP contribution is -1.94. The molecule has 4 heteroatoms. The minimum Gasteiger partial charge on any atom is -0.396 e. The molecule has 0 aliphatic rings. The van der Waals surface area contributed by atoms with Crippen LogP contribution in [0.1, 0.15) is 12.5 Å². The molecule has 1 aromatic carbocycles. The molecule has 3 rings (SSSR count). The average molecular weight is 264 g/mol. The Morgan fingerprint density at radius 3 is 2.40 bits per heavy atom. The second-order valence-corrected chi connectivity index (χ2v) is 4.63. The van der Waals surface area contributed by atoms with Gasteiger partial charge in [-0.25, -0.2) is 4.68 Å². The van der Waals surface area contributed by atoms with Crippen LogP contribution in [-0.4, -0.2) is 14.8 Å². The van der Waals surface area contributed by atoms with Crippen molar-refractivity contribution in [3.8, 4) is 16.9 Å². The fraction of sp³-hybridized carbons (Fsp3) is 0.125. The van der Waals surface area contributed by atoms with Gasteiger partial charge in [0.25, 0.3) is 0 Å². The van der Waals surface area contributed by atoms with Crippen LogP contribution in [0.3, 0.4) is 0 Å². The van der Waals surface area contributed by atoms with Crippen molar-refractivity contribution in [2.24, 2.45) is 0 Å². The van der Waals surface area contributed by atoms with E-state index in [4.69, 9.17) is 5.73 Å². The fourth-order valence-corrected chi connectivity index (χ4v) is 2.14. The molecule has 20 heavy (non-hydrogen) atoms. The van der Waals surface area contributed by atoms with Crippen LogP contribution in [0.25, 0.3) is 16.9 Å². The minimum atomic E-state index is 0.672. The molecule has 3 aromatic rings. The summed E-state index contributed by atoms with van der Waals surface area (Å²) in [6, 6.07) is 12.1. The van der Waals surface area contributed by atoms with Crippen LogP contribution in [0, 0.1) is 0 Å². The van der Waals surface area contributed by atoms with Crippen LogP contribution in [0.4, 0.5) is 5.69 Å². The zero-order valence-corrected chi connectivity index (χ0v) is 11.3. The SMILES string of the molecule is CCc1ccc(-c2nn(-c3ccncc3)cc2N)cc1. The number of rotatable bonds is 3. The number of anilines is 1. The predicted molar refractivity (Wildman–Crippen MR) is 80.6 cm³/mol. The average Bonchev–Trinajstić information content (AvgIpc) is 2.90. The Bertz CT molecular complexity index is 699. The molecule has 0 saturated heterocycles. The lowest BCUT2D eigenvalue weighted by molar-refractivity contribution is 0.881. The van der Waals surface area contributed by atoms with Gasteiger partial charge in [-0.2, -0.15) is 5.10 Å². The summed E-state index contributed by atoms with van der Waals surface area (Å²) in [7, 11) is 0. The Labute approximate surface area is 117 Å². The van der Waals surface area contributed by atoms with Crippen molar-refractivity contribution in [3.63, 3.8) is 0 Å². The first kappa shape index (κ1) is 12.4. The molecule has 100 valence electrons. The minimum absolute atomic E-state index is 0.672. The number of aryl methyl sites for hydroxylation is 1. The summed E-state index contributed by atoms with van der Waals surface area (Å²) < 4.78 is 1.78. The van der Waals surface area contributed by atoms with E-state index in [0.29, 0.717) is 5.69 Å². The molecule has 2 aromatic heterocycles. The van der Waals surface area contributed by atoms with Crippen molar-refractivity contribution in [3.05, 3.63) is 60.6 Å². The number of hydrogen-bond acceptors (Lipinski definition) is 3. The third kappa shape index (κ3) is 2.28. The lowest BCUT2D eigenvalue weighted by Gasteiger charge is -2.01. The van der Waals surface area contributed by atoms with Gasteiger partial charge in [0.05, 0.1) is 17.6 Å². The van der Waals surface area contributed by atoms with Gasteiger partial charge in [0, 0.05) is 18.0 Å². The van der Waals surface area contributed by atoms with E-state index in [1.54, 1.807) is 17.1 Å². The second-order valence-electron chi connectivity index (χ2n) is 4.63. The number of nitrogens with zero attached hydrogens (tertiary/aromatic N) is 3. The standard InChI is InChI=1S/C16H16N4/c1-2-12-3-5-13(6-4-12)16-15(17)11-20(19-16)14-7-9-18-10-8-14/h3-11H,2,17H2,1H3. The van der Waals surface area contributed by atoms with Gasteiger partial charge < -0.3 is 5.73 Å². The number of benzene rings is 1. The van der Waals surface area contributed by atoms with Gasteiger partial charge in [-0.3, -0.25) is 4.98 Å². The van der Waals surface area contributed by atoms with Crippen LogP contribution in [0.2, 0.25) is 0 Å². The maximum Gasteiger partial charge on any atom is 0.116 e. The van der Waals surface area contributed by atoms with Gasteiger partial charge in [0.15, 0.2) is 0 Å². The normalized spacial score (nSPS) is 10.7. The first-order valence-corrected chi connectivity index (χ1v) is 6.63. The molecule has 0 fully saturated rings. The molecule has 2 N–H and O–H groups in total. The number of nitrogen functional groups attached to an aromatic ring is 1. The third-order valence-electron chi connectivity index (χ3n) is 3.31. The quantitative estimate of drug-likeness (QED) is 0.791. The van der Waals surface area contributed by atoms with E-state index >= 15 is 0 Å². The predicted octanol–water partition coefficient (Wildman–Crippen LogP) is 3.08. The highest BCUT2D eigenvalue weighted by Crippen LogP contribution is 2.25. The largest absolute Gasteiger partial charge is 0.396 e. The van der Waals surface area contributed by atoms with Crippen LogP contribution < -0.4 is 5.73 Å².